The number of hydrogen-bond donors (Lipinski definition) is 2. The number of rotatable bonds is 5. The van der Waals surface area contributed by atoms with E-state index in [9.17, 15) is 9.59 Å². The fourth-order valence-corrected chi connectivity index (χ4v) is 8.42. The highest BCUT2D eigenvalue weighted by molar-refractivity contribution is 6.00. The molecule has 2 N–H and O–H groups in total. The number of nitrogens with one attached hydrogen (secondary N) is 2. The Kier molecular flexibility index (Phi) is 8.51. The average Bonchev–Trinajstić information content (AvgIpc) is 3.61. The van der Waals surface area contributed by atoms with Crippen LogP contribution in [0.1, 0.15) is 115 Å². The zero-order valence-corrected chi connectivity index (χ0v) is 32.5. The quantitative estimate of drug-likeness (QED) is 0.207. The number of fused-ring (bicyclic) bond motifs is 4. The Morgan fingerprint density at radius 2 is 1.25 bits per heavy atom. The van der Waals surface area contributed by atoms with E-state index in [1.54, 1.807) is 9.80 Å². The minimum atomic E-state index is -0.557. The van der Waals surface area contributed by atoms with Crippen molar-refractivity contribution >= 4 is 23.3 Å². The number of aromatic nitrogens is 4. The molecule has 2 aromatic carbocycles. The van der Waals surface area contributed by atoms with Crippen LogP contribution in [0.15, 0.2) is 48.8 Å². The summed E-state index contributed by atoms with van der Waals surface area (Å²) < 4.78 is 24.8. The molecule has 0 spiro atoms. The molecule has 2 amide bonds. The van der Waals surface area contributed by atoms with Crippen molar-refractivity contribution in [2.75, 3.05) is 19.7 Å². The number of amides is 2. The minimum absolute atomic E-state index is 0.0654. The van der Waals surface area contributed by atoms with Gasteiger partial charge < -0.3 is 28.9 Å². The van der Waals surface area contributed by atoms with Gasteiger partial charge in [0.25, 0.3) is 0 Å². The molecule has 3 atom stereocenters. The second-order valence-corrected chi connectivity index (χ2v) is 17.5. The van der Waals surface area contributed by atoms with E-state index in [1.807, 2.05) is 53.9 Å². The Morgan fingerprint density at radius 3 is 1.78 bits per heavy atom. The van der Waals surface area contributed by atoms with E-state index in [1.165, 1.54) is 11.1 Å². The Bertz CT molecular complexity index is 2180. The van der Waals surface area contributed by atoms with Gasteiger partial charge in [0.2, 0.25) is 0 Å². The molecule has 288 valence electrons. The zero-order chi connectivity index (χ0) is 38.2. The standard InChI is InChI=1S/C43H50N6O6/c1-42(2,3)54-40(50)48-17-7-9-32(48)38-44-21-30(46-38)25-14-16-28-34(19-25)52-23-29-27-15-13-26(20-35(27)53-37(36(28)29)24-11-12-24)31-22-45-39(47-31)33-10-8-18-49(33)41(51)55-43(4,5)6/h13-16,19-22,24,32-33,37H,7-12,17-18,23H2,1-6H3,(H,44,46)(H,45,47). The highest BCUT2D eigenvalue weighted by Crippen LogP contribution is 2.52. The van der Waals surface area contributed by atoms with E-state index in [2.05, 4.69) is 46.4 Å². The zero-order valence-electron chi connectivity index (χ0n) is 32.5. The van der Waals surface area contributed by atoms with Crippen molar-refractivity contribution in [1.29, 1.82) is 0 Å². The number of H-pyrrole nitrogens is 2. The van der Waals surface area contributed by atoms with Crippen molar-refractivity contribution in [3.05, 3.63) is 71.6 Å². The first-order chi connectivity index (χ1) is 26.3. The molecular weight excluding hydrogens is 697 g/mol. The predicted molar refractivity (Wildman–Crippen MR) is 207 cm³/mol. The van der Waals surface area contributed by atoms with Gasteiger partial charge in [0.15, 0.2) is 0 Å². The smallest absolute Gasteiger partial charge is 0.410 e. The van der Waals surface area contributed by atoms with Crippen LogP contribution < -0.4 is 9.47 Å². The molecule has 6 heterocycles. The third-order valence-corrected chi connectivity index (χ3v) is 11.1. The number of imidazole rings is 2. The molecule has 3 fully saturated rings. The number of benzene rings is 2. The van der Waals surface area contributed by atoms with Crippen molar-refractivity contribution in [1.82, 2.24) is 29.7 Å². The van der Waals surface area contributed by atoms with Gasteiger partial charge in [-0.2, -0.15) is 0 Å². The fraction of sp³-hybridized carbons (Fsp3) is 0.488. The number of likely N-dealkylation sites (tertiary alicyclic amines) is 2. The summed E-state index contributed by atoms with van der Waals surface area (Å²) in [6.07, 6.45) is 8.74. The summed E-state index contributed by atoms with van der Waals surface area (Å²) in [6.45, 7) is 13.1. The van der Waals surface area contributed by atoms with E-state index in [0.29, 0.717) is 25.6 Å². The molecule has 55 heavy (non-hydrogen) atoms. The third kappa shape index (κ3) is 6.84. The lowest BCUT2D eigenvalue weighted by Crippen LogP contribution is -2.36. The molecule has 0 bridgehead atoms. The van der Waals surface area contributed by atoms with Crippen LogP contribution in [0.2, 0.25) is 0 Å². The second kappa shape index (κ2) is 13.2. The Morgan fingerprint density at radius 1 is 0.727 bits per heavy atom. The number of ether oxygens (including phenoxy) is 4. The van der Waals surface area contributed by atoms with Gasteiger partial charge in [-0.15, -0.1) is 0 Å². The summed E-state index contributed by atoms with van der Waals surface area (Å²) in [4.78, 5) is 45.9. The molecule has 0 radical (unpaired) electrons. The molecule has 3 unspecified atom stereocenters. The molecule has 2 saturated heterocycles. The molecule has 12 heteroatoms. The summed E-state index contributed by atoms with van der Waals surface area (Å²) in [7, 11) is 0. The van der Waals surface area contributed by atoms with Crippen LogP contribution in [0.3, 0.4) is 0 Å². The normalized spacial score (nSPS) is 22.1. The summed E-state index contributed by atoms with van der Waals surface area (Å²) in [5.41, 5.74) is 7.08. The maximum Gasteiger partial charge on any atom is 0.410 e. The van der Waals surface area contributed by atoms with Gasteiger partial charge in [0.05, 0.1) is 35.9 Å². The van der Waals surface area contributed by atoms with Gasteiger partial charge in [-0.05, 0) is 92.2 Å². The predicted octanol–water partition coefficient (Wildman–Crippen LogP) is 9.09. The molecule has 2 aromatic heterocycles. The summed E-state index contributed by atoms with van der Waals surface area (Å²) in [5, 5.41) is 0. The topological polar surface area (TPSA) is 135 Å². The van der Waals surface area contributed by atoms with Crippen molar-refractivity contribution in [3.8, 4) is 34.0 Å². The minimum Gasteiger partial charge on any atom is -0.488 e. The number of hydrogen-bond acceptors (Lipinski definition) is 8. The largest absolute Gasteiger partial charge is 0.488 e. The molecule has 1 saturated carbocycles. The Balaban J connectivity index is 0.967. The average molecular weight is 747 g/mol. The number of aromatic amines is 2. The van der Waals surface area contributed by atoms with E-state index in [0.717, 1.165) is 95.3 Å². The van der Waals surface area contributed by atoms with Gasteiger partial charge >= 0.3 is 12.2 Å². The van der Waals surface area contributed by atoms with Crippen LogP contribution in [-0.2, 0) is 9.47 Å². The van der Waals surface area contributed by atoms with Crippen molar-refractivity contribution in [2.45, 2.75) is 109 Å². The lowest BCUT2D eigenvalue weighted by molar-refractivity contribution is 0.0208. The Labute approximate surface area is 321 Å². The maximum absolute atomic E-state index is 13.0. The van der Waals surface area contributed by atoms with Crippen LogP contribution >= 0.6 is 0 Å². The molecule has 9 rings (SSSR count). The highest BCUT2D eigenvalue weighted by Gasteiger charge is 2.43. The number of carbonyl (C=O) groups is 2. The molecule has 4 aromatic rings. The van der Waals surface area contributed by atoms with Crippen molar-refractivity contribution in [3.63, 3.8) is 0 Å². The highest BCUT2D eigenvalue weighted by atomic mass is 16.6. The third-order valence-electron chi connectivity index (χ3n) is 11.1. The summed E-state index contributed by atoms with van der Waals surface area (Å²) in [5.74, 6) is 3.65. The van der Waals surface area contributed by atoms with E-state index in [-0.39, 0.29) is 30.4 Å². The molecule has 5 aliphatic rings. The van der Waals surface area contributed by atoms with Gasteiger partial charge in [0, 0.05) is 52.4 Å². The molecular formula is C43H50N6O6. The first-order valence-corrected chi connectivity index (χ1v) is 19.7. The van der Waals surface area contributed by atoms with Crippen LogP contribution in [-0.4, -0.2) is 78.9 Å². The monoisotopic (exact) mass is 746 g/mol. The van der Waals surface area contributed by atoms with Crippen LogP contribution in [0, 0.1) is 5.92 Å². The molecule has 12 nitrogen and oxygen atoms in total. The van der Waals surface area contributed by atoms with Crippen molar-refractivity contribution < 1.29 is 28.5 Å². The van der Waals surface area contributed by atoms with Crippen molar-refractivity contribution in [2.24, 2.45) is 5.92 Å². The lowest BCUT2D eigenvalue weighted by atomic mass is 9.84. The van der Waals surface area contributed by atoms with E-state index >= 15 is 0 Å². The number of nitrogens with zero attached hydrogens (tertiary/aromatic N) is 4. The van der Waals surface area contributed by atoms with E-state index < -0.39 is 11.2 Å². The number of carbonyl (C=O) groups excluding carboxylic acids is 2. The maximum atomic E-state index is 13.0. The molecule has 1 aliphatic carbocycles. The van der Waals surface area contributed by atoms with E-state index in [4.69, 9.17) is 28.9 Å². The Hall–Kier alpha value is -5.26. The van der Waals surface area contributed by atoms with Crippen LogP contribution in [0.5, 0.6) is 11.5 Å². The van der Waals surface area contributed by atoms with Gasteiger partial charge in [-0.3, -0.25) is 9.80 Å². The van der Waals surface area contributed by atoms with Crippen LogP contribution in [0.4, 0.5) is 9.59 Å². The SMILES string of the molecule is CC(C)(C)OC(=O)N1CCCC1c1ncc(-c2ccc3c(c2)OC(C2CC2)C2=C3COc3cc(-c4cnc(C5CCCN5C(=O)OC(C)(C)C)[nH]4)ccc32)[nH]1. The van der Waals surface area contributed by atoms with Gasteiger partial charge in [-0.1, -0.05) is 24.3 Å². The lowest BCUT2D eigenvalue weighted by Gasteiger charge is -2.35. The summed E-state index contributed by atoms with van der Waals surface area (Å²) >= 11 is 0. The van der Waals surface area contributed by atoms with Crippen LogP contribution in [0.25, 0.3) is 33.7 Å². The second-order valence-electron chi connectivity index (χ2n) is 17.5. The summed E-state index contributed by atoms with van der Waals surface area (Å²) in [6, 6.07) is 12.4. The van der Waals surface area contributed by atoms with Gasteiger partial charge in [-0.25, -0.2) is 19.6 Å². The van der Waals surface area contributed by atoms with Gasteiger partial charge in [0.1, 0.15) is 47.1 Å². The first-order valence-electron chi connectivity index (χ1n) is 19.7. The first kappa shape index (κ1) is 35.4. The molecule has 4 aliphatic heterocycles. The fourth-order valence-electron chi connectivity index (χ4n) is 8.42.